The van der Waals surface area contributed by atoms with E-state index in [9.17, 15) is 23.2 Å². The Labute approximate surface area is 196 Å². The number of fused-ring (bicyclic) bond motifs is 1. The predicted octanol–water partition coefficient (Wildman–Crippen LogP) is 5.05. The highest BCUT2D eigenvalue weighted by Crippen LogP contribution is 2.30. The molecule has 2 N–H and O–H groups in total. The van der Waals surface area contributed by atoms with E-state index < -0.39 is 18.2 Å². The summed E-state index contributed by atoms with van der Waals surface area (Å²) in [4.78, 5) is 40.2. The molecule has 0 saturated carbocycles. The highest BCUT2D eigenvalue weighted by atomic mass is 32.1. The molecule has 34 heavy (non-hydrogen) atoms. The maximum Gasteiger partial charge on any atom is 0.300 e. The number of aldehydes is 1. The Kier molecular flexibility index (Phi) is 6.47. The van der Waals surface area contributed by atoms with Crippen molar-refractivity contribution in [2.45, 2.75) is 13.3 Å². The van der Waals surface area contributed by atoms with Gasteiger partial charge in [0.2, 0.25) is 5.95 Å². The van der Waals surface area contributed by atoms with E-state index in [1.807, 2.05) is 0 Å². The van der Waals surface area contributed by atoms with Crippen molar-refractivity contribution in [2.24, 2.45) is 0 Å². The van der Waals surface area contributed by atoms with E-state index in [1.54, 1.807) is 54.0 Å². The summed E-state index contributed by atoms with van der Waals surface area (Å²) in [5, 5.41) is 5.33. The summed E-state index contributed by atoms with van der Waals surface area (Å²) in [6.45, 7) is 1.55. The molecule has 0 atom stereocenters. The van der Waals surface area contributed by atoms with Crippen LogP contribution < -0.4 is 10.6 Å². The average Bonchev–Trinajstić information content (AvgIpc) is 3.44. The van der Waals surface area contributed by atoms with Crippen LogP contribution >= 0.6 is 11.3 Å². The third-order valence-electron chi connectivity index (χ3n) is 4.71. The molecule has 0 fully saturated rings. The van der Waals surface area contributed by atoms with Crippen molar-refractivity contribution in [1.82, 2.24) is 9.55 Å². The summed E-state index contributed by atoms with van der Waals surface area (Å²) in [7, 11) is 0. The first-order valence-corrected chi connectivity index (χ1v) is 10.7. The second-order valence-electron chi connectivity index (χ2n) is 6.97. The molecular formula is C24H16F2N4O3S. The van der Waals surface area contributed by atoms with Crippen LogP contribution in [-0.4, -0.2) is 27.7 Å². The van der Waals surface area contributed by atoms with Gasteiger partial charge in [-0.1, -0.05) is 12.0 Å². The van der Waals surface area contributed by atoms with Crippen LogP contribution in [0.2, 0.25) is 0 Å². The van der Waals surface area contributed by atoms with E-state index in [0.717, 1.165) is 0 Å². The summed E-state index contributed by atoms with van der Waals surface area (Å²) in [5.74, 6) is 3.95. The monoisotopic (exact) mass is 478 g/mol. The molecule has 4 aromatic rings. The summed E-state index contributed by atoms with van der Waals surface area (Å²) >= 11 is 0.691. The van der Waals surface area contributed by atoms with Crippen LogP contribution in [0.1, 0.15) is 38.3 Å². The lowest BCUT2D eigenvalue weighted by atomic mass is 10.2. The van der Waals surface area contributed by atoms with Crippen molar-refractivity contribution in [3.05, 3.63) is 69.9 Å². The van der Waals surface area contributed by atoms with Crippen LogP contribution in [-0.2, 0) is 4.79 Å². The summed E-state index contributed by atoms with van der Waals surface area (Å²) in [6.07, 6.45) is -1.99. The number of thiophene rings is 1. The van der Waals surface area contributed by atoms with E-state index in [0.29, 0.717) is 45.6 Å². The number of benzene rings is 2. The number of carbonyl (C=O) groups excluding carboxylic acids is 3. The number of hydrogen-bond acceptors (Lipinski definition) is 5. The van der Waals surface area contributed by atoms with Gasteiger partial charge in [-0.2, -0.15) is 0 Å². The summed E-state index contributed by atoms with van der Waals surface area (Å²) in [6, 6.07) is 14.2. The fourth-order valence-corrected chi connectivity index (χ4v) is 4.03. The highest BCUT2D eigenvalue weighted by molar-refractivity contribution is 7.14. The number of carbonyl (C=O) groups is 3. The van der Waals surface area contributed by atoms with Crippen molar-refractivity contribution >= 4 is 52.1 Å². The lowest BCUT2D eigenvalue weighted by Gasteiger charge is -2.11. The predicted molar refractivity (Wildman–Crippen MR) is 126 cm³/mol. The van der Waals surface area contributed by atoms with Gasteiger partial charge in [0.1, 0.15) is 6.29 Å². The molecule has 0 unspecified atom stereocenters. The number of alkyl halides is 2. The molecule has 0 radical (unpaired) electrons. The van der Waals surface area contributed by atoms with Crippen LogP contribution in [0.5, 0.6) is 0 Å². The van der Waals surface area contributed by atoms with Gasteiger partial charge in [-0.3, -0.25) is 24.3 Å². The molecule has 2 aromatic heterocycles. The van der Waals surface area contributed by atoms with E-state index in [1.165, 1.54) is 12.1 Å². The van der Waals surface area contributed by atoms with Crippen LogP contribution in [0.3, 0.4) is 0 Å². The molecule has 170 valence electrons. The number of nitrogens with zero attached hydrogens (tertiary/aromatic N) is 2. The van der Waals surface area contributed by atoms with Crippen LogP contribution in [0, 0.1) is 11.8 Å². The normalized spacial score (nSPS) is 10.6. The van der Waals surface area contributed by atoms with Gasteiger partial charge >= 0.3 is 0 Å². The number of rotatable bonds is 6. The Hall–Kier alpha value is -4.36. The molecule has 0 bridgehead atoms. The third kappa shape index (κ3) is 4.69. The average molecular weight is 478 g/mol. The van der Waals surface area contributed by atoms with Gasteiger partial charge in [0.05, 0.1) is 26.5 Å². The number of aromatic nitrogens is 2. The lowest BCUT2D eigenvalue weighted by Crippen LogP contribution is -2.14. The van der Waals surface area contributed by atoms with Gasteiger partial charge in [-0.25, -0.2) is 13.8 Å². The fourth-order valence-electron chi connectivity index (χ4n) is 3.27. The minimum absolute atomic E-state index is 0.0987. The number of amides is 2. The van der Waals surface area contributed by atoms with E-state index in [4.69, 9.17) is 0 Å². The smallest absolute Gasteiger partial charge is 0.300 e. The maximum absolute atomic E-state index is 12.9. The molecule has 10 heteroatoms. The van der Waals surface area contributed by atoms with Gasteiger partial charge in [-0.15, -0.1) is 11.3 Å². The van der Waals surface area contributed by atoms with Crippen LogP contribution in [0.15, 0.2) is 54.6 Å². The highest BCUT2D eigenvalue weighted by Gasteiger charge is 2.19. The zero-order chi connectivity index (χ0) is 24.2. The topological polar surface area (TPSA) is 93.1 Å². The molecule has 2 amide bonds. The molecule has 2 aromatic carbocycles. The SMILES string of the molecule is CC#CC(=O)Nc1cccc(-n2c(NC(=O)c3ccc(C(F)F)s3)nc3cc(C=O)ccc32)c1. The quantitative estimate of drug-likeness (QED) is 0.300. The summed E-state index contributed by atoms with van der Waals surface area (Å²) in [5.41, 5.74) is 2.43. The van der Waals surface area contributed by atoms with Crippen molar-refractivity contribution < 1.29 is 23.2 Å². The van der Waals surface area contributed by atoms with Crippen molar-refractivity contribution in [3.8, 4) is 17.5 Å². The Morgan fingerprint density at radius 1 is 1.12 bits per heavy atom. The first-order chi connectivity index (χ1) is 16.4. The zero-order valence-corrected chi connectivity index (χ0v) is 18.5. The Morgan fingerprint density at radius 3 is 2.65 bits per heavy atom. The third-order valence-corrected chi connectivity index (χ3v) is 5.80. The molecule has 0 aliphatic carbocycles. The fraction of sp³-hybridized carbons (Fsp3) is 0.0833. The second kappa shape index (κ2) is 9.64. The number of halogens is 2. The molecule has 2 heterocycles. The second-order valence-corrected chi connectivity index (χ2v) is 8.09. The van der Waals surface area contributed by atoms with Crippen LogP contribution in [0.25, 0.3) is 16.7 Å². The van der Waals surface area contributed by atoms with Gasteiger partial charge in [-0.05, 0) is 61.4 Å². The standard InChI is InChI=1S/C24H16F2N4O3S/c1-2-4-21(32)27-15-5-3-6-16(12-15)30-18-8-7-14(13-31)11-17(18)28-24(30)29-23(33)20-10-9-19(34-20)22(25)26/h3,5-13,22H,1H3,(H,27,32)(H,28,29,33). The number of nitrogens with one attached hydrogen (secondary N) is 2. The van der Waals surface area contributed by atoms with Crippen LogP contribution in [0.4, 0.5) is 20.4 Å². The van der Waals surface area contributed by atoms with Gasteiger partial charge in [0, 0.05) is 11.3 Å². The zero-order valence-electron chi connectivity index (χ0n) is 17.6. The van der Waals surface area contributed by atoms with Crippen molar-refractivity contribution in [1.29, 1.82) is 0 Å². The van der Waals surface area contributed by atoms with Crippen molar-refractivity contribution in [3.63, 3.8) is 0 Å². The Balaban J connectivity index is 1.78. The molecule has 0 spiro atoms. The van der Waals surface area contributed by atoms with Gasteiger partial charge in [0.25, 0.3) is 18.2 Å². The lowest BCUT2D eigenvalue weighted by molar-refractivity contribution is -0.111. The molecule has 0 aliphatic heterocycles. The van der Waals surface area contributed by atoms with Gasteiger partial charge in [0.15, 0.2) is 0 Å². The van der Waals surface area contributed by atoms with E-state index in [-0.39, 0.29) is 15.7 Å². The van der Waals surface area contributed by atoms with E-state index in [2.05, 4.69) is 27.5 Å². The first kappa shape index (κ1) is 22.8. The van der Waals surface area contributed by atoms with Gasteiger partial charge < -0.3 is 5.32 Å². The molecular weight excluding hydrogens is 462 g/mol. The number of anilines is 2. The van der Waals surface area contributed by atoms with E-state index >= 15 is 0 Å². The molecule has 7 nitrogen and oxygen atoms in total. The molecule has 4 rings (SSSR count). The minimum Gasteiger partial charge on any atom is -0.315 e. The molecule has 0 saturated heterocycles. The molecule has 0 aliphatic rings. The first-order valence-electron chi connectivity index (χ1n) is 9.90. The number of hydrogen-bond donors (Lipinski definition) is 2. The van der Waals surface area contributed by atoms with Crippen molar-refractivity contribution in [2.75, 3.05) is 10.6 Å². The Bertz CT molecular complexity index is 1480. The maximum atomic E-state index is 12.9. The Morgan fingerprint density at radius 2 is 1.94 bits per heavy atom. The minimum atomic E-state index is -2.67. The largest absolute Gasteiger partial charge is 0.315 e. The summed E-state index contributed by atoms with van der Waals surface area (Å²) < 4.78 is 27.5. The number of imidazole rings is 1.